The zero-order valence-corrected chi connectivity index (χ0v) is 29.6. The molecule has 1 aromatic carbocycles. The average molecular weight is 724 g/mol. The van der Waals surface area contributed by atoms with Gasteiger partial charge in [-0.3, -0.25) is 29.1 Å². The summed E-state index contributed by atoms with van der Waals surface area (Å²) < 4.78 is 33.3. The molecule has 3 rings (SSSR count). The zero-order valence-electron chi connectivity index (χ0n) is 29.6. The van der Waals surface area contributed by atoms with Crippen molar-refractivity contribution >= 4 is 29.6 Å². The van der Waals surface area contributed by atoms with Crippen LogP contribution >= 0.6 is 0 Å². The molecule has 0 fully saturated rings. The van der Waals surface area contributed by atoms with Crippen LogP contribution < -0.4 is 16.4 Å². The van der Waals surface area contributed by atoms with Crippen LogP contribution in [-0.4, -0.2) is 91.7 Å². The maximum absolute atomic E-state index is 16.9. The molecule has 15 heteroatoms. The van der Waals surface area contributed by atoms with E-state index in [9.17, 15) is 29.1 Å². The Balaban J connectivity index is 1.90. The molecular formula is C37H47F2N7O6. The Kier molecular flexibility index (Phi) is 15.7. The lowest BCUT2D eigenvalue weighted by atomic mass is 10.00. The van der Waals surface area contributed by atoms with Gasteiger partial charge in [0.1, 0.15) is 18.1 Å². The number of halogens is 2. The first-order valence-electron chi connectivity index (χ1n) is 17.2. The van der Waals surface area contributed by atoms with Crippen molar-refractivity contribution in [3.05, 3.63) is 96.1 Å². The van der Waals surface area contributed by atoms with E-state index in [-0.39, 0.29) is 30.8 Å². The van der Waals surface area contributed by atoms with Crippen molar-refractivity contribution in [1.29, 1.82) is 0 Å². The highest BCUT2D eigenvalue weighted by Gasteiger charge is 2.47. The first kappa shape index (κ1) is 41.1. The topological polar surface area (TPSA) is 188 Å². The van der Waals surface area contributed by atoms with Crippen LogP contribution in [0.4, 0.5) is 8.87 Å². The number of likely N-dealkylation sites (N-methyl/N-ethyl adjacent to an activating group) is 1. The van der Waals surface area contributed by atoms with E-state index < -0.39 is 72.4 Å². The average Bonchev–Trinajstić information content (AvgIpc) is 3.14. The van der Waals surface area contributed by atoms with E-state index in [1.165, 1.54) is 18.6 Å². The van der Waals surface area contributed by atoms with Gasteiger partial charge in [0.15, 0.2) is 0 Å². The van der Waals surface area contributed by atoms with E-state index in [4.69, 9.17) is 5.73 Å². The van der Waals surface area contributed by atoms with E-state index >= 15 is 8.87 Å². The van der Waals surface area contributed by atoms with Crippen LogP contribution in [0.5, 0.6) is 0 Å². The number of nitrogens with zero attached hydrogens (tertiary/aromatic N) is 4. The van der Waals surface area contributed by atoms with Gasteiger partial charge in [-0.15, -0.1) is 0 Å². The van der Waals surface area contributed by atoms with E-state index in [2.05, 4.69) is 15.3 Å². The number of pyridine rings is 2. The normalized spacial score (nSPS) is 14.5. The fourth-order valence-electron chi connectivity index (χ4n) is 5.58. The lowest BCUT2D eigenvalue weighted by Crippen LogP contribution is -2.63. The van der Waals surface area contributed by atoms with Gasteiger partial charge in [0.25, 0.3) is 17.6 Å². The highest BCUT2D eigenvalue weighted by atomic mass is 19.2. The minimum atomic E-state index is -3.17. The van der Waals surface area contributed by atoms with Crippen molar-refractivity contribution in [3.8, 4) is 0 Å². The highest BCUT2D eigenvalue weighted by molar-refractivity contribution is 5.96. The molecule has 0 aliphatic rings. The van der Waals surface area contributed by atoms with Crippen LogP contribution in [-0.2, 0) is 43.2 Å². The maximum Gasteiger partial charge on any atom is 0.326 e. The van der Waals surface area contributed by atoms with E-state index in [0.717, 1.165) is 7.05 Å². The van der Waals surface area contributed by atoms with Crippen molar-refractivity contribution in [3.63, 3.8) is 0 Å². The van der Waals surface area contributed by atoms with E-state index in [0.29, 0.717) is 34.4 Å². The summed E-state index contributed by atoms with van der Waals surface area (Å²) in [6.07, 6.45) is 5.74. The molecule has 0 unspecified atom stereocenters. The zero-order chi connectivity index (χ0) is 38.3. The number of hydrogen-bond acceptors (Lipinski definition) is 8. The smallest absolute Gasteiger partial charge is 0.326 e. The molecule has 3 aromatic rings. The molecule has 5 N–H and O–H groups in total. The first-order chi connectivity index (χ1) is 24.8. The molecule has 280 valence electrons. The molecule has 4 amide bonds. The maximum atomic E-state index is 16.9. The van der Waals surface area contributed by atoms with Gasteiger partial charge in [-0.25, -0.2) is 9.18 Å². The third-order valence-electron chi connectivity index (χ3n) is 8.53. The number of nitrogens with one attached hydrogen (secondary N) is 2. The Morgan fingerprint density at radius 1 is 0.846 bits per heavy atom. The van der Waals surface area contributed by atoms with Gasteiger partial charge < -0.3 is 26.4 Å². The van der Waals surface area contributed by atoms with Crippen LogP contribution in [0.25, 0.3) is 0 Å². The Morgan fingerprint density at radius 2 is 1.42 bits per heavy atom. The fourth-order valence-corrected chi connectivity index (χ4v) is 5.58. The Morgan fingerprint density at radius 3 is 1.96 bits per heavy atom. The summed E-state index contributed by atoms with van der Waals surface area (Å²) in [5, 5.41) is 14.1. The Bertz CT molecular complexity index is 1620. The number of hydrogen-bond donors (Lipinski definition) is 4. The number of carbonyl (C=O) groups is 5. The molecule has 13 nitrogen and oxygen atoms in total. The number of aromatic nitrogens is 2. The number of carbonyl (C=O) groups excluding carboxylic acids is 4. The van der Waals surface area contributed by atoms with Crippen LogP contribution in [0.15, 0.2) is 79.4 Å². The van der Waals surface area contributed by atoms with Crippen LogP contribution in [0.2, 0.25) is 0 Å². The van der Waals surface area contributed by atoms with Crippen molar-refractivity contribution in [2.75, 3.05) is 7.05 Å². The molecule has 52 heavy (non-hydrogen) atoms. The van der Waals surface area contributed by atoms with E-state index in [1.54, 1.807) is 74.6 Å². The summed E-state index contributed by atoms with van der Waals surface area (Å²) in [6.45, 7) is 3.44. The second-order valence-electron chi connectivity index (χ2n) is 12.6. The molecule has 0 saturated carbocycles. The predicted molar refractivity (Wildman–Crippen MR) is 188 cm³/mol. The summed E-state index contributed by atoms with van der Waals surface area (Å²) >= 11 is 0. The van der Waals surface area contributed by atoms with Gasteiger partial charge >= 0.3 is 5.97 Å². The standard InChI is InChI=1S/C37H47F2N7O6/c1-4-6-17-37(38,36(52)45(3)31(35(50)51)22-27-16-11-19-42-24-27)44-33(48)30(21-25-13-8-7-9-14-25)46(39)34(49)29(12-5-2)43-32(47)28(40)20-26-15-10-18-41-23-26/h7-11,13-16,18-19,23-24,28-31H,4-6,12,17,20-22,40H2,1-3H3,(H,43,47)(H,44,48)(H,50,51)/t28-,29-,30-,31-,37-/m0/s1. The summed E-state index contributed by atoms with van der Waals surface area (Å²) in [4.78, 5) is 75.3. The number of nitrogens with two attached hydrogens (primary N) is 1. The number of benzene rings is 1. The minimum Gasteiger partial charge on any atom is -0.480 e. The Hall–Kier alpha value is -5.31. The molecule has 2 heterocycles. The number of carboxylic acid groups (broad SMARTS) is 1. The van der Waals surface area contributed by atoms with Crippen LogP contribution in [0.3, 0.4) is 0 Å². The van der Waals surface area contributed by atoms with Gasteiger partial charge in [-0.05, 0) is 48.1 Å². The largest absolute Gasteiger partial charge is 0.480 e. The minimum absolute atomic E-state index is 0.00930. The molecule has 2 aromatic heterocycles. The number of aliphatic carboxylic acids is 1. The summed E-state index contributed by atoms with van der Waals surface area (Å²) in [7, 11) is 1.10. The second kappa shape index (κ2) is 19.9. The van der Waals surface area contributed by atoms with Crippen LogP contribution in [0.1, 0.15) is 62.6 Å². The fraction of sp³-hybridized carbons (Fsp3) is 0.432. The summed E-state index contributed by atoms with van der Waals surface area (Å²) in [5.41, 5.74) is 7.64. The molecule has 0 bridgehead atoms. The number of amides is 4. The van der Waals surface area contributed by atoms with Gasteiger partial charge in [-0.1, -0.05) is 73.6 Å². The lowest BCUT2D eigenvalue weighted by Gasteiger charge is -2.35. The predicted octanol–water partition coefficient (Wildman–Crippen LogP) is 3.08. The number of unbranched alkanes of at least 4 members (excludes halogenated alkanes) is 1. The van der Waals surface area contributed by atoms with Gasteiger partial charge in [-0.2, -0.15) is 5.12 Å². The Labute approximate surface area is 301 Å². The van der Waals surface area contributed by atoms with Crippen molar-refractivity contribution < 1.29 is 38.0 Å². The number of alkyl halides is 1. The monoisotopic (exact) mass is 723 g/mol. The second-order valence-corrected chi connectivity index (χ2v) is 12.6. The molecule has 0 radical (unpaired) electrons. The number of carboxylic acids is 1. The van der Waals surface area contributed by atoms with Crippen molar-refractivity contribution in [1.82, 2.24) is 30.6 Å². The molecular weight excluding hydrogens is 676 g/mol. The first-order valence-corrected chi connectivity index (χ1v) is 17.2. The van der Waals surface area contributed by atoms with Gasteiger partial charge in [0.05, 0.1) is 6.04 Å². The number of rotatable bonds is 20. The summed E-state index contributed by atoms with van der Waals surface area (Å²) in [6, 6.07) is 8.64. The molecule has 0 spiro atoms. The molecule has 0 saturated heterocycles. The molecule has 0 aliphatic heterocycles. The van der Waals surface area contributed by atoms with Gasteiger partial charge in [0.2, 0.25) is 11.8 Å². The van der Waals surface area contributed by atoms with E-state index in [1.807, 2.05) is 5.32 Å². The van der Waals surface area contributed by atoms with Crippen molar-refractivity contribution in [2.24, 2.45) is 5.73 Å². The van der Waals surface area contributed by atoms with Gasteiger partial charge in [0, 0.05) is 51.1 Å². The molecule has 5 atom stereocenters. The summed E-state index contributed by atoms with van der Waals surface area (Å²) in [5.74, 6) is -9.30. The quantitative estimate of drug-likeness (QED) is 0.100. The highest BCUT2D eigenvalue weighted by Crippen LogP contribution is 2.24. The van der Waals surface area contributed by atoms with Crippen LogP contribution in [0, 0.1) is 0 Å². The third kappa shape index (κ3) is 11.6. The third-order valence-corrected chi connectivity index (χ3v) is 8.53. The lowest BCUT2D eigenvalue weighted by molar-refractivity contribution is -0.166. The molecule has 0 aliphatic carbocycles. The van der Waals surface area contributed by atoms with Crippen molar-refractivity contribution in [2.45, 2.75) is 95.2 Å². The SMILES string of the molecule is CCCC[C@](F)(NC(=O)[C@H](Cc1ccccc1)N(F)C(=O)[C@H](CCC)NC(=O)[C@@H](N)Cc1cccnc1)C(=O)N(C)[C@@H](Cc1cccnc1)C(=O)O.